The average molecular weight is 416 g/mol. The summed E-state index contributed by atoms with van der Waals surface area (Å²) in [5.74, 6) is -0.169. The van der Waals surface area contributed by atoms with Crippen molar-refractivity contribution in [3.63, 3.8) is 0 Å². The molecule has 27 heavy (non-hydrogen) atoms. The minimum atomic E-state index is -0.924. The molecule has 0 aliphatic heterocycles. The maximum Gasteiger partial charge on any atom is 0.245 e. The summed E-state index contributed by atoms with van der Waals surface area (Å²) in [4.78, 5) is 16.6. The van der Waals surface area contributed by atoms with Crippen LogP contribution in [0.5, 0.6) is 0 Å². The SMILES string of the molecule is CCOC1CC(N)(C(=O)Nc2ccc(Cn3cncn3)cc2)C1(C)C.Cl.Cl. The fourth-order valence-electron chi connectivity index (χ4n) is 3.26. The highest BCUT2D eigenvalue weighted by Crippen LogP contribution is 2.50. The molecule has 3 N–H and O–H groups in total. The van der Waals surface area contributed by atoms with Gasteiger partial charge in [-0.25, -0.2) is 9.67 Å². The average Bonchev–Trinajstić information content (AvgIpc) is 3.09. The summed E-state index contributed by atoms with van der Waals surface area (Å²) in [5.41, 5.74) is 6.88. The minimum absolute atomic E-state index is 0. The van der Waals surface area contributed by atoms with Gasteiger partial charge in [-0.1, -0.05) is 26.0 Å². The van der Waals surface area contributed by atoms with Gasteiger partial charge in [-0.3, -0.25) is 4.79 Å². The van der Waals surface area contributed by atoms with Gasteiger partial charge in [0.05, 0.1) is 12.6 Å². The molecule has 0 bridgehead atoms. The van der Waals surface area contributed by atoms with Crippen LogP contribution < -0.4 is 11.1 Å². The van der Waals surface area contributed by atoms with Gasteiger partial charge in [0.2, 0.25) is 5.91 Å². The first kappa shape index (κ1) is 23.4. The topological polar surface area (TPSA) is 95.1 Å². The molecular weight excluding hydrogens is 389 g/mol. The molecule has 2 unspecified atom stereocenters. The van der Waals surface area contributed by atoms with Crippen molar-refractivity contribution < 1.29 is 9.53 Å². The van der Waals surface area contributed by atoms with E-state index in [1.54, 1.807) is 11.0 Å². The highest BCUT2D eigenvalue weighted by molar-refractivity contribution is 5.99. The quantitative estimate of drug-likeness (QED) is 0.755. The Balaban J connectivity index is 0.00000182. The van der Waals surface area contributed by atoms with E-state index in [9.17, 15) is 4.79 Å². The van der Waals surface area contributed by atoms with Crippen LogP contribution in [0.3, 0.4) is 0 Å². The van der Waals surface area contributed by atoms with E-state index in [0.29, 0.717) is 19.6 Å². The summed E-state index contributed by atoms with van der Waals surface area (Å²) in [5, 5.41) is 7.01. The van der Waals surface area contributed by atoms with E-state index >= 15 is 0 Å². The van der Waals surface area contributed by atoms with Crippen LogP contribution in [0, 0.1) is 5.41 Å². The molecular formula is C18H27Cl2N5O2. The molecule has 1 heterocycles. The molecule has 2 aromatic rings. The van der Waals surface area contributed by atoms with Gasteiger partial charge >= 0.3 is 0 Å². The number of hydrogen-bond acceptors (Lipinski definition) is 5. The zero-order valence-corrected chi connectivity index (χ0v) is 17.3. The second kappa shape index (κ2) is 9.01. The Kier molecular flexibility index (Phi) is 7.80. The summed E-state index contributed by atoms with van der Waals surface area (Å²) < 4.78 is 7.42. The van der Waals surface area contributed by atoms with Crippen molar-refractivity contribution in [3.05, 3.63) is 42.5 Å². The maximum absolute atomic E-state index is 12.7. The number of nitrogens with zero attached hydrogens (tertiary/aromatic N) is 3. The smallest absolute Gasteiger partial charge is 0.245 e. The Hall–Kier alpha value is -1.67. The molecule has 1 aliphatic carbocycles. The lowest BCUT2D eigenvalue weighted by Gasteiger charge is -2.57. The summed E-state index contributed by atoms with van der Waals surface area (Å²) in [6, 6.07) is 7.66. The summed E-state index contributed by atoms with van der Waals surface area (Å²) in [7, 11) is 0. The first-order valence-electron chi connectivity index (χ1n) is 8.50. The summed E-state index contributed by atoms with van der Waals surface area (Å²) in [6.45, 7) is 7.18. The molecule has 0 saturated heterocycles. The van der Waals surface area contributed by atoms with Gasteiger partial charge in [0.15, 0.2) is 0 Å². The van der Waals surface area contributed by atoms with Crippen molar-refractivity contribution >= 4 is 36.4 Å². The largest absolute Gasteiger partial charge is 0.378 e. The number of carbonyl (C=O) groups is 1. The van der Waals surface area contributed by atoms with Crippen molar-refractivity contribution in [2.45, 2.75) is 45.4 Å². The normalized spacial score (nSPS) is 22.7. The standard InChI is InChI=1S/C18H25N5O2.2ClH/c1-4-25-15-9-18(19,17(15,2)3)16(24)22-14-7-5-13(6-8-14)10-23-12-20-11-21-23;;/h5-8,11-12,15H,4,9-10,19H2,1-3H3,(H,22,24);2*1H. The number of benzene rings is 1. The zero-order valence-electron chi connectivity index (χ0n) is 15.7. The number of hydrogen-bond donors (Lipinski definition) is 2. The van der Waals surface area contributed by atoms with Crippen molar-refractivity contribution in [2.75, 3.05) is 11.9 Å². The first-order chi connectivity index (χ1) is 11.9. The molecule has 7 nitrogen and oxygen atoms in total. The van der Waals surface area contributed by atoms with Gasteiger partial charge in [-0.05, 0) is 24.6 Å². The Morgan fingerprint density at radius 2 is 2.00 bits per heavy atom. The Morgan fingerprint density at radius 1 is 1.33 bits per heavy atom. The Bertz CT molecular complexity index is 737. The molecule has 1 fully saturated rings. The minimum Gasteiger partial charge on any atom is -0.378 e. The van der Waals surface area contributed by atoms with Gasteiger partial charge < -0.3 is 15.8 Å². The molecule has 1 amide bonds. The fourth-order valence-corrected chi connectivity index (χ4v) is 3.26. The third-order valence-electron chi connectivity index (χ3n) is 5.26. The van der Waals surface area contributed by atoms with Crippen LogP contribution in [-0.2, 0) is 16.1 Å². The molecule has 1 aromatic carbocycles. The predicted octanol–water partition coefficient (Wildman–Crippen LogP) is 2.64. The van der Waals surface area contributed by atoms with Crippen molar-refractivity contribution in [1.29, 1.82) is 0 Å². The van der Waals surface area contributed by atoms with Gasteiger partial charge in [0.25, 0.3) is 0 Å². The number of nitrogens with two attached hydrogens (primary N) is 1. The molecule has 0 spiro atoms. The van der Waals surface area contributed by atoms with E-state index in [1.165, 1.54) is 6.33 Å². The number of rotatable bonds is 6. The molecule has 1 aliphatic rings. The van der Waals surface area contributed by atoms with Crippen LogP contribution in [0.4, 0.5) is 5.69 Å². The Labute approximate surface area is 171 Å². The highest BCUT2D eigenvalue weighted by atomic mass is 35.5. The van der Waals surface area contributed by atoms with E-state index in [1.807, 2.05) is 45.0 Å². The molecule has 2 atom stereocenters. The van der Waals surface area contributed by atoms with Crippen LogP contribution in [0.1, 0.15) is 32.8 Å². The summed E-state index contributed by atoms with van der Waals surface area (Å²) >= 11 is 0. The first-order valence-corrected chi connectivity index (χ1v) is 8.50. The highest BCUT2D eigenvalue weighted by Gasteiger charge is 2.62. The lowest BCUT2D eigenvalue weighted by Crippen LogP contribution is -2.74. The van der Waals surface area contributed by atoms with Crippen LogP contribution in [-0.4, -0.2) is 38.9 Å². The molecule has 3 rings (SSSR count). The number of ether oxygens (including phenoxy) is 1. The lowest BCUT2D eigenvalue weighted by molar-refractivity contribution is -0.166. The maximum atomic E-state index is 12.7. The Morgan fingerprint density at radius 3 is 2.52 bits per heavy atom. The van der Waals surface area contributed by atoms with E-state index in [-0.39, 0.29) is 36.8 Å². The van der Waals surface area contributed by atoms with E-state index in [2.05, 4.69) is 15.4 Å². The molecule has 1 aromatic heterocycles. The van der Waals surface area contributed by atoms with Gasteiger partial charge in [-0.2, -0.15) is 5.10 Å². The van der Waals surface area contributed by atoms with Gasteiger partial charge in [0, 0.05) is 24.1 Å². The molecule has 150 valence electrons. The zero-order chi connectivity index (χ0) is 18.1. The van der Waals surface area contributed by atoms with Crippen molar-refractivity contribution in [1.82, 2.24) is 14.8 Å². The number of nitrogens with one attached hydrogen (secondary N) is 1. The molecule has 9 heteroatoms. The van der Waals surface area contributed by atoms with Crippen molar-refractivity contribution in [2.24, 2.45) is 11.1 Å². The molecule has 0 radical (unpaired) electrons. The third kappa shape index (κ3) is 4.43. The lowest BCUT2D eigenvalue weighted by atomic mass is 9.54. The number of carbonyl (C=O) groups excluding carboxylic acids is 1. The fraction of sp³-hybridized carbons (Fsp3) is 0.500. The number of amides is 1. The van der Waals surface area contributed by atoms with Gasteiger partial charge in [-0.15, -0.1) is 24.8 Å². The van der Waals surface area contributed by atoms with Crippen LogP contribution in [0.25, 0.3) is 0 Å². The van der Waals surface area contributed by atoms with Crippen LogP contribution >= 0.6 is 24.8 Å². The number of anilines is 1. The van der Waals surface area contributed by atoms with Crippen molar-refractivity contribution in [3.8, 4) is 0 Å². The summed E-state index contributed by atoms with van der Waals surface area (Å²) in [6.07, 6.45) is 3.72. The number of halogens is 2. The van der Waals surface area contributed by atoms with E-state index in [0.717, 1.165) is 11.3 Å². The molecule has 1 saturated carbocycles. The van der Waals surface area contributed by atoms with Crippen LogP contribution in [0.2, 0.25) is 0 Å². The van der Waals surface area contributed by atoms with Gasteiger partial charge in [0.1, 0.15) is 18.2 Å². The van der Waals surface area contributed by atoms with E-state index in [4.69, 9.17) is 10.5 Å². The van der Waals surface area contributed by atoms with E-state index < -0.39 is 11.0 Å². The monoisotopic (exact) mass is 415 g/mol. The number of aromatic nitrogens is 3. The predicted molar refractivity (Wildman–Crippen MR) is 109 cm³/mol. The second-order valence-corrected chi connectivity index (χ2v) is 7.09. The second-order valence-electron chi connectivity index (χ2n) is 7.09. The van der Waals surface area contributed by atoms with Crippen LogP contribution in [0.15, 0.2) is 36.9 Å². The third-order valence-corrected chi connectivity index (χ3v) is 5.26.